The summed E-state index contributed by atoms with van der Waals surface area (Å²) in [5.41, 5.74) is -2.55. The van der Waals surface area contributed by atoms with Gasteiger partial charge in [-0.05, 0) is 12.0 Å². The summed E-state index contributed by atoms with van der Waals surface area (Å²) in [5.74, 6) is -98.2. The van der Waals surface area contributed by atoms with Gasteiger partial charge in [0.05, 0.1) is 0 Å². The minimum atomic E-state index is -9.58. The van der Waals surface area contributed by atoms with Crippen LogP contribution in [-0.2, 0) is 0 Å². The Morgan fingerprint density at radius 3 is 0.738 bits per heavy atom. The fourth-order valence-corrected chi connectivity index (χ4v) is 2.63. The van der Waals surface area contributed by atoms with Crippen LogP contribution < -0.4 is 0 Å². The molecule has 42 heavy (non-hydrogen) atoms. The second-order valence-corrected chi connectivity index (χ2v) is 8.17. The smallest absolute Gasteiger partial charge is 0.194 e. The summed E-state index contributed by atoms with van der Waals surface area (Å²) in [5, 5.41) is 0. The first-order valence-electron chi connectivity index (χ1n) is 9.64. The third-order valence-electron chi connectivity index (χ3n) is 5.30. The van der Waals surface area contributed by atoms with Gasteiger partial charge in [0.2, 0.25) is 0 Å². The Balaban J connectivity index is 7.36. The van der Waals surface area contributed by atoms with Crippen molar-refractivity contribution < 1.29 is 110 Å². The minimum absolute atomic E-state index is 0.771. The van der Waals surface area contributed by atoms with Crippen LogP contribution in [0.3, 0.4) is 0 Å². The zero-order chi connectivity index (χ0) is 35.0. The molecular weight excluding hydrogens is 679 g/mol. The molecule has 0 nitrogen and oxygen atoms in total. The quantitative estimate of drug-likeness (QED) is 0.134. The molecule has 0 fully saturated rings. The van der Waals surface area contributed by atoms with Crippen LogP contribution in [-0.4, -0.2) is 71.3 Å². The summed E-state index contributed by atoms with van der Waals surface area (Å²) in [6, 6.07) is 0. The molecule has 0 radical (unpaired) electrons. The van der Waals surface area contributed by atoms with E-state index < -0.39 is 89.7 Å². The Bertz CT molecular complexity index is 995. The Hall–Kier alpha value is -2.01. The molecule has 0 unspecified atom stereocenters. The number of hydrogen-bond donors (Lipinski definition) is 0. The molecule has 0 N–H and O–H groups in total. The molecule has 252 valence electrons. The summed E-state index contributed by atoms with van der Waals surface area (Å²) in [7, 11) is 0. The fourth-order valence-electron chi connectivity index (χ4n) is 2.63. The van der Waals surface area contributed by atoms with Crippen LogP contribution in [0, 0.1) is 0 Å². The lowest BCUT2D eigenvalue weighted by molar-refractivity contribution is -0.481. The van der Waals surface area contributed by atoms with Crippen LogP contribution in [0.4, 0.5) is 110 Å². The highest BCUT2D eigenvalue weighted by atomic mass is 19.4. The molecular formula is C17H9F25. The first-order chi connectivity index (χ1) is 17.7. The molecule has 0 aromatic carbocycles. The molecule has 0 bridgehead atoms. The van der Waals surface area contributed by atoms with Gasteiger partial charge in [-0.3, -0.25) is 0 Å². The van der Waals surface area contributed by atoms with E-state index in [9.17, 15) is 110 Å². The van der Waals surface area contributed by atoms with Gasteiger partial charge in [-0.25, -0.2) is 0 Å². The molecule has 25 heteroatoms. The predicted octanol–water partition coefficient (Wildman–Crippen LogP) is 9.89. The van der Waals surface area contributed by atoms with E-state index >= 15 is 0 Å². The Labute approximate surface area is 214 Å². The van der Waals surface area contributed by atoms with Crippen LogP contribution >= 0.6 is 0 Å². The highest BCUT2D eigenvalue weighted by Gasteiger charge is 2.99. The van der Waals surface area contributed by atoms with Gasteiger partial charge in [-0.1, -0.05) is 19.9 Å². The molecule has 0 saturated carbocycles. The lowest BCUT2D eigenvalue weighted by Crippen LogP contribution is -2.78. The highest BCUT2D eigenvalue weighted by Crippen LogP contribution is 2.68. The zero-order valence-corrected chi connectivity index (χ0v) is 19.1. The van der Waals surface area contributed by atoms with Gasteiger partial charge >= 0.3 is 71.3 Å². The predicted molar refractivity (Wildman–Crippen MR) is 84.5 cm³/mol. The van der Waals surface area contributed by atoms with Gasteiger partial charge in [-0.2, -0.15) is 110 Å². The van der Waals surface area contributed by atoms with Crippen LogP contribution in [0.5, 0.6) is 0 Å². The monoisotopic (exact) mass is 688 g/mol. The maximum atomic E-state index is 13.7. The van der Waals surface area contributed by atoms with Crippen LogP contribution in [0.2, 0.25) is 0 Å². The van der Waals surface area contributed by atoms with Crippen molar-refractivity contribution in [3.05, 3.63) is 12.2 Å². The van der Waals surface area contributed by atoms with Gasteiger partial charge in [-0.15, -0.1) is 0 Å². The Kier molecular flexibility index (Phi) is 9.53. The first kappa shape index (κ1) is 40.0. The number of hydrogen-bond acceptors (Lipinski definition) is 0. The summed E-state index contributed by atoms with van der Waals surface area (Å²) >= 11 is 0. The molecule has 0 rings (SSSR count). The second-order valence-electron chi connectivity index (χ2n) is 8.17. The van der Waals surface area contributed by atoms with Gasteiger partial charge in [0.15, 0.2) is 0 Å². The molecule has 0 aliphatic carbocycles. The average Bonchev–Trinajstić information content (AvgIpc) is 2.76. The van der Waals surface area contributed by atoms with Crippen molar-refractivity contribution in [3.8, 4) is 0 Å². The number of rotatable bonds is 13. The van der Waals surface area contributed by atoms with E-state index in [1.165, 1.54) is 0 Å². The number of allylic oxidation sites excluding steroid dienone is 1. The van der Waals surface area contributed by atoms with Crippen LogP contribution in [0.15, 0.2) is 12.2 Å². The molecule has 0 spiro atoms. The third-order valence-corrected chi connectivity index (χ3v) is 5.30. The molecule has 0 saturated heterocycles. The van der Waals surface area contributed by atoms with E-state index in [-0.39, 0.29) is 0 Å². The summed E-state index contributed by atoms with van der Waals surface area (Å²) < 4.78 is 333. The lowest BCUT2D eigenvalue weighted by Gasteiger charge is -2.45. The summed E-state index contributed by atoms with van der Waals surface area (Å²) in [4.78, 5) is 0. The highest BCUT2D eigenvalue weighted by molar-refractivity contribution is 5.23. The largest absolute Gasteiger partial charge is 0.460 e. The fraction of sp³-hybridized carbons (Fsp3) is 0.882. The zero-order valence-electron chi connectivity index (χ0n) is 19.1. The van der Waals surface area contributed by atoms with Crippen molar-refractivity contribution in [1.82, 2.24) is 0 Å². The third kappa shape index (κ3) is 4.63. The maximum absolute atomic E-state index is 13.7. The van der Waals surface area contributed by atoms with Gasteiger partial charge in [0.1, 0.15) is 0 Å². The van der Waals surface area contributed by atoms with Crippen LogP contribution in [0.1, 0.15) is 19.8 Å². The van der Waals surface area contributed by atoms with Gasteiger partial charge in [0.25, 0.3) is 0 Å². The van der Waals surface area contributed by atoms with Crippen molar-refractivity contribution in [2.45, 2.75) is 91.1 Å². The summed E-state index contributed by atoms with van der Waals surface area (Å²) in [6.45, 7) is 2.76. The Morgan fingerprint density at radius 1 is 0.357 bits per heavy atom. The molecule has 0 aliphatic heterocycles. The van der Waals surface area contributed by atoms with E-state index in [4.69, 9.17) is 0 Å². The number of halogens is 25. The molecule has 0 atom stereocenters. The Morgan fingerprint density at radius 2 is 0.548 bits per heavy atom. The maximum Gasteiger partial charge on any atom is 0.460 e. The summed E-state index contributed by atoms with van der Waals surface area (Å²) in [6.07, 6.45) is -10.5. The van der Waals surface area contributed by atoms with E-state index in [2.05, 4.69) is 0 Å². The van der Waals surface area contributed by atoms with Crippen molar-refractivity contribution in [2.24, 2.45) is 0 Å². The molecule has 0 heterocycles. The van der Waals surface area contributed by atoms with Crippen molar-refractivity contribution in [2.75, 3.05) is 0 Å². The first-order valence-corrected chi connectivity index (χ1v) is 9.64. The van der Waals surface area contributed by atoms with Gasteiger partial charge < -0.3 is 0 Å². The van der Waals surface area contributed by atoms with E-state index in [1.54, 1.807) is 0 Å². The van der Waals surface area contributed by atoms with Crippen molar-refractivity contribution in [3.63, 3.8) is 0 Å². The average molecular weight is 688 g/mol. The SMILES string of the molecule is C=C(CCC)C(F)(F)C(F)(F)C(F)(F)C(F)(F)C(F)(F)C(F)(F)C(F)(F)C(F)(F)C(F)(F)C(F)(F)C(F)(F)C(F)(F)F. The topological polar surface area (TPSA) is 0 Å². The van der Waals surface area contributed by atoms with E-state index in [1.807, 2.05) is 6.58 Å². The van der Waals surface area contributed by atoms with E-state index in [0.717, 1.165) is 6.92 Å². The van der Waals surface area contributed by atoms with Crippen LogP contribution in [0.25, 0.3) is 0 Å². The lowest BCUT2D eigenvalue weighted by atomic mass is 9.83. The molecule has 0 aromatic heterocycles. The minimum Gasteiger partial charge on any atom is -0.194 e. The van der Waals surface area contributed by atoms with Crippen molar-refractivity contribution in [1.29, 1.82) is 0 Å². The van der Waals surface area contributed by atoms with E-state index in [0.29, 0.717) is 0 Å². The van der Waals surface area contributed by atoms with Gasteiger partial charge in [0, 0.05) is 0 Å². The normalized spacial score (nSPS) is 16.6. The standard InChI is InChI=1S/C17H9F25/c1-3-4-5(2)6(18,19)7(20,21)8(22,23)9(24,25)10(26,27)11(28,29)12(30,31)13(32,33)14(34,35)15(36,37)16(38,39)17(40,41)42/h2-4H2,1H3. The molecule has 0 aromatic rings. The number of alkyl halides is 25. The molecule has 0 aliphatic rings. The van der Waals surface area contributed by atoms with Crippen molar-refractivity contribution >= 4 is 0 Å². The molecule has 0 amide bonds. The second kappa shape index (κ2) is 10.0.